The molecule has 0 bridgehead atoms. The molecule has 128 valence electrons. The number of ketones is 1. The third-order valence-corrected chi connectivity index (χ3v) is 5.14. The minimum absolute atomic E-state index is 0.0614. The molecule has 6 nitrogen and oxygen atoms in total. The van der Waals surface area contributed by atoms with Gasteiger partial charge in [-0.25, -0.2) is 9.67 Å². The summed E-state index contributed by atoms with van der Waals surface area (Å²) < 4.78 is 1.70. The van der Waals surface area contributed by atoms with E-state index in [0.29, 0.717) is 13.0 Å². The van der Waals surface area contributed by atoms with Crippen LogP contribution in [0, 0.1) is 0 Å². The lowest BCUT2D eigenvalue weighted by Crippen LogP contribution is -2.37. The van der Waals surface area contributed by atoms with Crippen molar-refractivity contribution in [3.05, 3.63) is 34.5 Å². The van der Waals surface area contributed by atoms with Crippen molar-refractivity contribution in [3.63, 3.8) is 0 Å². The van der Waals surface area contributed by atoms with E-state index in [9.17, 15) is 9.59 Å². The smallest absolute Gasteiger partial charge is 0.293 e. The standard InChI is InChI=1S/C17H22N4O2S/c1-17(2,3)21-11-18-15(19-21)16(23)20-8-4-6-12(20)10-13(22)14-7-5-9-24-14/h5,7,9,11-12H,4,6,8,10H2,1-3H3. The normalized spacial score (nSPS) is 18.1. The number of aromatic nitrogens is 3. The van der Waals surface area contributed by atoms with Crippen LogP contribution < -0.4 is 0 Å². The quantitative estimate of drug-likeness (QED) is 0.798. The predicted octanol–water partition coefficient (Wildman–Crippen LogP) is 2.97. The van der Waals surface area contributed by atoms with Crippen molar-refractivity contribution in [1.82, 2.24) is 19.7 Å². The summed E-state index contributed by atoms with van der Waals surface area (Å²) in [5.74, 6) is 0.128. The molecule has 2 aromatic heterocycles. The van der Waals surface area contributed by atoms with Gasteiger partial charge in [0.1, 0.15) is 6.33 Å². The Morgan fingerprint density at radius 3 is 2.79 bits per heavy atom. The highest BCUT2D eigenvalue weighted by atomic mass is 32.1. The number of Topliss-reactive ketones (excluding diaryl/α,β-unsaturated/α-hetero) is 1. The molecule has 0 aromatic carbocycles. The SMILES string of the molecule is CC(C)(C)n1cnc(C(=O)N2CCCC2CC(=O)c2cccs2)n1. The summed E-state index contributed by atoms with van der Waals surface area (Å²) in [5.41, 5.74) is -0.217. The van der Waals surface area contributed by atoms with E-state index in [1.807, 2.05) is 38.3 Å². The zero-order valence-corrected chi connectivity index (χ0v) is 15.0. The summed E-state index contributed by atoms with van der Waals surface area (Å²) in [6, 6.07) is 3.65. The van der Waals surface area contributed by atoms with Gasteiger partial charge in [0.2, 0.25) is 5.82 Å². The summed E-state index contributed by atoms with van der Waals surface area (Å²) >= 11 is 1.45. The van der Waals surface area contributed by atoms with E-state index in [1.165, 1.54) is 11.3 Å². The minimum Gasteiger partial charge on any atom is -0.332 e. The fourth-order valence-electron chi connectivity index (χ4n) is 2.88. The number of hydrogen-bond donors (Lipinski definition) is 0. The molecule has 1 fully saturated rings. The molecular formula is C17H22N4O2S. The molecule has 1 aliphatic rings. The maximum absolute atomic E-state index is 12.7. The Kier molecular flexibility index (Phi) is 4.54. The Morgan fingerprint density at radius 2 is 2.17 bits per heavy atom. The molecule has 0 radical (unpaired) electrons. The van der Waals surface area contributed by atoms with Gasteiger partial charge >= 0.3 is 0 Å². The van der Waals surface area contributed by atoms with Gasteiger partial charge in [-0.3, -0.25) is 9.59 Å². The number of likely N-dealkylation sites (tertiary alicyclic amines) is 1. The van der Waals surface area contributed by atoms with Crippen LogP contribution in [0.15, 0.2) is 23.8 Å². The zero-order chi connectivity index (χ0) is 17.3. The van der Waals surface area contributed by atoms with Gasteiger partial charge in [0.25, 0.3) is 5.91 Å². The number of amides is 1. The molecule has 1 saturated heterocycles. The lowest BCUT2D eigenvalue weighted by Gasteiger charge is -2.23. The maximum Gasteiger partial charge on any atom is 0.293 e. The van der Waals surface area contributed by atoms with Crippen LogP contribution in [0.3, 0.4) is 0 Å². The van der Waals surface area contributed by atoms with Gasteiger partial charge in [0.05, 0.1) is 10.4 Å². The van der Waals surface area contributed by atoms with E-state index in [1.54, 1.807) is 15.9 Å². The second kappa shape index (κ2) is 6.47. The third-order valence-electron chi connectivity index (χ3n) is 4.23. The highest BCUT2D eigenvalue weighted by Crippen LogP contribution is 2.24. The van der Waals surface area contributed by atoms with Gasteiger partial charge in [0, 0.05) is 19.0 Å². The van der Waals surface area contributed by atoms with Gasteiger partial charge in [-0.2, -0.15) is 0 Å². The summed E-state index contributed by atoms with van der Waals surface area (Å²) in [7, 11) is 0. The number of hydrogen-bond acceptors (Lipinski definition) is 5. The van der Waals surface area contributed by atoms with Crippen molar-refractivity contribution in [2.24, 2.45) is 0 Å². The maximum atomic E-state index is 12.7. The molecule has 24 heavy (non-hydrogen) atoms. The van der Waals surface area contributed by atoms with Crippen molar-refractivity contribution in [1.29, 1.82) is 0 Å². The van der Waals surface area contributed by atoms with Crippen molar-refractivity contribution in [2.45, 2.75) is 51.6 Å². The fraction of sp³-hybridized carbons (Fsp3) is 0.529. The van der Waals surface area contributed by atoms with Crippen molar-refractivity contribution in [2.75, 3.05) is 6.54 Å². The van der Waals surface area contributed by atoms with Gasteiger partial charge < -0.3 is 4.90 Å². The number of thiophene rings is 1. The van der Waals surface area contributed by atoms with Crippen molar-refractivity contribution >= 4 is 23.0 Å². The molecule has 3 heterocycles. The Morgan fingerprint density at radius 1 is 1.38 bits per heavy atom. The van der Waals surface area contributed by atoms with Gasteiger partial charge in [-0.15, -0.1) is 16.4 Å². The Balaban J connectivity index is 1.72. The lowest BCUT2D eigenvalue weighted by atomic mass is 10.1. The highest BCUT2D eigenvalue weighted by Gasteiger charge is 2.33. The number of nitrogens with zero attached hydrogens (tertiary/aromatic N) is 4. The highest BCUT2D eigenvalue weighted by molar-refractivity contribution is 7.12. The number of carbonyl (C=O) groups excluding carboxylic acids is 2. The van der Waals surface area contributed by atoms with E-state index < -0.39 is 0 Å². The minimum atomic E-state index is -0.217. The summed E-state index contributed by atoms with van der Waals surface area (Å²) in [6.07, 6.45) is 3.72. The average molecular weight is 346 g/mol. The van der Waals surface area contributed by atoms with Crippen LogP contribution in [0.2, 0.25) is 0 Å². The predicted molar refractivity (Wildman–Crippen MR) is 92.3 cm³/mol. The van der Waals surface area contributed by atoms with Crippen LogP contribution in [0.5, 0.6) is 0 Å². The van der Waals surface area contributed by atoms with Crippen LogP contribution >= 0.6 is 11.3 Å². The van der Waals surface area contributed by atoms with E-state index in [-0.39, 0.29) is 29.1 Å². The van der Waals surface area contributed by atoms with Crippen molar-refractivity contribution < 1.29 is 9.59 Å². The topological polar surface area (TPSA) is 68.1 Å². The molecule has 0 N–H and O–H groups in total. The molecule has 1 unspecified atom stereocenters. The van der Waals surface area contributed by atoms with Crippen LogP contribution in [-0.4, -0.2) is 43.9 Å². The van der Waals surface area contributed by atoms with E-state index >= 15 is 0 Å². The number of rotatable bonds is 4. The first-order valence-electron chi connectivity index (χ1n) is 8.16. The van der Waals surface area contributed by atoms with Gasteiger partial charge in [0.15, 0.2) is 5.78 Å². The second-order valence-electron chi connectivity index (χ2n) is 7.08. The molecular weight excluding hydrogens is 324 g/mol. The molecule has 1 amide bonds. The molecule has 0 aliphatic carbocycles. The van der Waals surface area contributed by atoms with Crippen LogP contribution in [-0.2, 0) is 5.54 Å². The Labute approximate surface area is 145 Å². The number of carbonyl (C=O) groups is 2. The average Bonchev–Trinajstić information content (AvgIpc) is 3.26. The molecule has 1 aliphatic heterocycles. The molecule has 7 heteroatoms. The van der Waals surface area contributed by atoms with E-state index in [4.69, 9.17) is 0 Å². The summed E-state index contributed by atoms with van der Waals surface area (Å²) in [4.78, 5) is 31.8. The van der Waals surface area contributed by atoms with Crippen LogP contribution in [0.4, 0.5) is 0 Å². The van der Waals surface area contributed by atoms with Gasteiger partial charge in [-0.1, -0.05) is 6.07 Å². The van der Waals surface area contributed by atoms with E-state index in [0.717, 1.165) is 17.7 Å². The van der Waals surface area contributed by atoms with Gasteiger partial charge in [-0.05, 0) is 45.1 Å². The zero-order valence-electron chi connectivity index (χ0n) is 14.2. The Bertz CT molecular complexity index is 730. The largest absolute Gasteiger partial charge is 0.332 e. The Hall–Kier alpha value is -2.02. The molecule has 1 atom stereocenters. The summed E-state index contributed by atoms with van der Waals surface area (Å²) in [6.45, 7) is 6.68. The van der Waals surface area contributed by atoms with Crippen LogP contribution in [0.1, 0.15) is 60.3 Å². The lowest BCUT2D eigenvalue weighted by molar-refractivity contribution is 0.0705. The van der Waals surface area contributed by atoms with Crippen LogP contribution in [0.25, 0.3) is 0 Å². The molecule has 3 rings (SSSR count). The molecule has 0 spiro atoms. The molecule has 2 aromatic rings. The van der Waals surface area contributed by atoms with E-state index in [2.05, 4.69) is 10.1 Å². The fourth-order valence-corrected chi connectivity index (χ4v) is 3.56. The first-order chi connectivity index (χ1) is 11.4. The monoisotopic (exact) mass is 346 g/mol. The first kappa shape index (κ1) is 16.8. The third kappa shape index (κ3) is 3.40. The van der Waals surface area contributed by atoms with Crippen molar-refractivity contribution in [3.8, 4) is 0 Å². The first-order valence-corrected chi connectivity index (χ1v) is 9.04. The second-order valence-corrected chi connectivity index (χ2v) is 8.03. The molecule has 0 saturated carbocycles. The summed E-state index contributed by atoms with van der Waals surface area (Å²) in [5, 5.41) is 6.22.